The third kappa shape index (κ3) is 3.91. The molecule has 0 radical (unpaired) electrons. The SMILES string of the molecule is CCN(C[C@@H]1CCCO1)c1ccc(C(=O)c2ccccc2)cc1[N+](=O)[O-]. The van der Waals surface area contributed by atoms with Gasteiger partial charge < -0.3 is 9.64 Å². The first kappa shape index (κ1) is 18.1. The molecule has 0 aliphatic carbocycles. The predicted molar refractivity (Wildman–Crippen MR) is 99.8 cm³/mol. The highest BCUT2D eigenvalue weighted by Crippen LogP contribution is 2.31. The molecule has 1 atom stereocenters. The first-order chi connectivity index (χ1) is 12.6. The number of rotatable bonds is 7. The third-order valence-electron chi connectivity index (χ3n) is 4.64. The topological polar surface area (TPSA) is 72.7 Å². The van der Waals surface area contributed by atoms with Gasteiger partial charge in [0.2, 0.25) is 0 Å². The van der Waals surface area contributed by atoms with E-state index in [0.29, 0.717) is 29.9 Å². The molecule has 6 nitrogen and oxygen atoms in total. The van der Waals surface area contributed by atoms with E-state index in [9.17, 15) is 14.9 Å². The van der Waals surface area contributed by atoms with Gasteiger partial charge in [0.1, 0.15) is 5.69 Å². The highest BCUT2D eigenvalue weighted by Gasteiger charge is 2.25. The maximum Gasteiger partial charge on any atom is 0.293 e. The number of carbonyl (C=O) groups excluding carboxylic acids is 1. The standard InChI is InChI=1S/C20H22N2O4/c1-2-21(14-17-9-6-12-26-17)18-11-10-16(13-19(18)22(24)25)20(23)15-7-4-3-5-8-15/h3-5,7-8,10-11,13,17H,2,6,9,12,14H2,1H3/t17-/m0/s1. The number of carbonyl (C=O) groups is 1. The van der Waals surface area contributed by atoms with Gasteiger partial charge in [-0.1, -0.05) is 30.3 Å². The van der Waals surface area contributed by atoms with Crippen molar-refractivity contribution in [2.45, 2.75) is 25.9 Å². The Bertz CT molecular complexity index is 786. The average Bonchev–Trinajstić information content (AvgIpc) is 3.19. The van der Waals surface area contributed by atoms with Crippen LogP contribution in [0.2, 0.25) is 0 Å². The summed E-state index contributed by atoms with van der Waals surface area (Å²) in [7, 11) is 0. The molecule has 0 aromatic heterocycles. The van der Waals surface area contributed by atoms with Gasteiger partial charge in [0, 0.05) is 36.9 Å². The summed E-state index contributed by atoms with van der Waals surface area (Å²) >= 11 is 0. The Hall–Kier alpha value is -2.73. The maximum absolute atomic E-state index is 12.6. The molecular formula is C20H22N2O4. The van der Waals surface area contributed by atoms with Crippen molar-refractivity contribution < 1.29 is 14.5 Å². The summed E-state index contributed by atoms with van der Waals surface area (Å²) in [6.45, 7) is 3.95. The van der Waals surface area contributed by atoms with E-state index in [4.69, 9.17) is 4.74 Å². The molecule has 136 valence electrons. The van der Waals surface area contributed by atoms with E-state index in [0.717, 1.165) is 19.4 Å². The first-order valence-electron chi connectivity index (χ1n) is 8.85. The van der Waals surface area contributed by atoms with Crippen LogP contribution in [0.1, 0.15) is 35.7 Å². The zero-order valence-electron chi connectivity index (χ0n) is 14.8. The molecule has 2 aromatic rings. The monoisotopic (exact) mass is 354 g/mol. The second-order valence-electron chi connectivity index (χ2n) is 6.33. The van der Waals surface area contributed by atoms with Crippen LogP contribution in [0.15, 0.2) is 48.5 Å². The molecule has 0 amide bonds. The van der Waals surface area contributed by atoms with Gasteiger partial charge >= 0.3 is 0 Å². The number of nitro groups is 1. The summed E-state index contributed by atoms with van der Waals surface area (Å²) in [6, 6.07) is 13.5. The molecule has 26 heavy (non-hydrogen) atoms. The van der Waals surface area contributed by atoms with Crippen molar-refractivity contribution >= 4 is 17.2 Å². The fraction of sp³-hybridized carbons (Fsp3) is 0.350. The molecule has 3 rings (SSSR count). The Balaban J connectivity index is 1.91. The van der Waals surface area contributed by atoms with Crippen LogP contribution < -0.4 is 4.90 Å². The summed E-state index contributed by atoms with van der Waals surface area (Å²) in [5, 5.41) is 11.6. The van der Waals surface area contributed by atoms with Gasteiger partial charge in [0.25, 0.3) is 5.69 Å². The van der Waals surface area contributed by atoms with Crippen molar-refractivity contribution in [3.63, 3.8) is 0 Å². The van der Waals surface area contributed by atoms with Crippen LogP contribution in [0.25, 0.3) is 0 Å². The Morgan fingerprint density at radius 2 is 2.00 bits per heavy atom. The first-order valence-corrected chi connectivity index (χ1v) is 8.85. The normalized spacial score (nSPS) is 16.4. The van der Waals surface area contributed by atoms with E-state index in [1.54, 1.807) is 36.4 Å². The Labute approximate surface area is 152 Å². The second kappa shape index (κ2) is 8.10. The van der Waals surface area contributed by atoms with Gasteiger partial charge in [0.15, 0.2) is 5.78 Å². The van der Waals surface area contributed by atoms with E-state index < -0.39 is 4.92 Å². The number of ether oxygens (including phenoxy) is 1. The maximum atomic E-state index is 12.6. The van der Waals surface area contributed by atoms with Crippen LogP contribution >= 0.6 is 0 Å². The van der Waals surface area contributed by atoms with Crippen LogP contribution in [0.4, 0.5) is 11.4 Å². The lowest BCUT2D eigenvalue weighted by molar-refractivity contribution is -0.384. The summed E-state index contributed by atoms with van der Waals surface area (Å²) in [5.74, 6) is -0.220. The summed E-state index contributed by atoms with van der Waals surface area (Å²) in [6.07, 6.45) is 2.09. The minimum atomic E-state index is -0.421. The molecule has 0 bridgehead atoms. The summed E-state index contributed by atoms with van der Waals surface area (Å²) in [4.78, 5) is 25.7. The number of ketones is 1. The Morgan fingerprint density at radius 1 is 1.23 bits per heavy atom. The molecule has 0 unspecified atom stereocenters. The van der Waals surface area contributed by atoms with Crippen molar-refractivity contribution in [2.24, 2.45) is 0 Å². The average molecular weight is 354 g/mol. The van der Waals surface area contributed by atoms with Gasteiger partial charge in [-0.15, -0.1) is 0 Å². The molecule has 0 saturated carbocycles. The van der Waals surface area contributed by atoms with Gasteiger partial charge in [0.05, 0.1) is 11.0 Å². The van der Waals surface area contributed by atoms with Crippen LogP contribution in [-0.2, 0) is 4.74 Å². The van der Waals surface area contributed by atoms with Crippen molar-refractivity contribution in [1.29, 1.82) is 0 Å². The van der Waals surface area contributed by atoms with E-state index in [-0.39, 0.29) is 17.6 Å². The van der Waals surface area contributed by atoms with Crippen molar-refractivity contribution in [3.05, 3.63) is 69.8 Å². The molecule has 0 N–H and O–H groups in total. The fourth-order valence-electron chi connectivity index (χ4n) is 3.27. The Morgan fingerprint density at radius 3 is 2.62 bits per heavy atom. The van der Waals surface area contributed by atoms with Crippen LogP contribution in [0, 0.1) is 10.1 Å². The zero-order valence-corrected chi connectivity index (χ0v) is 14.8. The minimum Gasteiger partial charge on any atom is -0.376 e. The lowest BCUT2D eigenvalue weighted by Crippen LogP contribution is -2.32. The van der Waals surface area contributed by atoms with Crippen LogP contribution in [0.3, 0.4) is 0 Å². The third-order valence-corrected chi connectivity index (χ3v) is 4.64. The van der Waals surface area contributed by atoms with Gasteiger partial charge in [-0.2, -0.15) is 0 Å². The van der Waals surface area contributed by atoms with Crippen LogP contribution in [0.5, 0.6) is 0 Å². The highest BCUT2D eigenvalue weighted by molar-refractivity contribution is 6.09. The number of hydrogen-bond donors (Lipinski definition) is 0. The van der Waals surface area contributed by atoms with Crippen LogP contribution in [-0.4, -0.2) is 36.5 Å². The fourth-order valence-corrected chi connectivity index (χ4v) is 3.27. The molecule has 1 aliphatic rings. The number of nitro benzene ring substituents is 1. The second-order valence-corrected chi connectivity index (χ2v) is 6.33. The largest absolute Gasteiger partial charge is 0.376 e. The smallest absolute Gasteiger partial charge is 0.293 e. The lowest BCUT2D eigenvalue weighted by atomic mass is 10.0. The van der Waals surface area contributed by atoms with E-state index in [1.807, 2.05) is 17.9 Å². The summed E-state index contributed by atoms with van der Waals surface area (Å²) in [5.41, 5.74) is 1.31. The minimum absolute atomic E-state index is 0.0494. The highest BCUT2D eigenvalue weighted by atomic mass is 16.6. The van der Waals surface area contributed by atoms with Gasteiger partial charge in [-0.25, -0.2) is 0 Å². The Kier molecular flexibility index (Phi) is 5.63. The number of hydrogen-bond acceptors (Lipinski definition) is 5. The van der Waals surface area contributed by atoms with E-state index >= 15 is 0 Å². The van der Waals surface area contributed by atoms with Crippen molar-refractivity contribution in [3.8, 4) is 0 Å². The predicted octanol–water partition coefficient (Wildman–Crippen LogP) is 3.83. The van der Waals surface area contributed by atoms with Crippen molar-refractivity contribution in [1.82, 2.24) is 0 Å². The van der Waals surface area contributed by atoms with Gasteiger partial charge in [-0.3, -0.25) is 14.9 Å². The molecule has 1 heterocycles. The number of anilines is 1. The summed E-state index contributed by atoms with van der Waals surface area (Å²) < 4.78 is 5.66. The van der Waals surface area contributed by atoms with E-state index in [2.05, 4.69) is 0 Å². The number of likely N-dealkylation sites (N-methyl/N-ethyl adjacent to an activating group) is 1. The molecule has 6 heteroatoms. The zero-order chi connectivity index (χ0) is 18.5. The molecule has 1 saturated heterocycles. The van der Waals surface area contributed by atoms with E-state index in [1.165, 1.54) is 6.07 Å². The van der Waals surface area contributed by atoms with Crippen molar-refractivity contribution in [2.75, 3.05) is 24.6 Å². The molecule has 1 fully saturated rings. The molecule has 0 spiro atoms. The van der Waals surface area contributed by atoms with Gasteiger partial charge in [-0.05, 0) is 31.9 Å². The quantitative estimate of drug-likeness (QED) is 0.429. The molecular weight excluding hydrogens is 332 g/mol. The molecule has 2 aromatic carbocycles. The number of benzene rings is 2. The lowest BCUT2D eigenvalue weighted by Gasteiger charge is -2.25. The molecule has 1 aliphatic heterocycles. The number of nitrogens with zero attached hydrogens (tertiary/aromatic N) is 2.